The number of aryl methyl sites for hydroxylation is 3. The molecule has 25 heavy (non-hydrogen) atoms. The topological polar surface area (TPSA) is 32.3 Å². The molecule has 1 aliphatic heterocycles. The lowest BCUT2D eigenvalue weighted by Crippen LogP contribution is -2.38. The van der Waals surface area contributed by atoms with Gasteiger partial charge >= 0.3 is 0 Å². The van der Waals surface area contributed by atoms with Gasteiger partial charge in [0.2, 0.25) is 5.91 Å². The zero-order valence-corrected chi connectivity index (χ0v) is 15.1. The third-order valence-corrected chi connectivity index (χ3v) is 4.98. The SMILES string of the molecule is Cc1cc(C)c(NC(=O)C2CCN(c3ccccc3F)CC2)c(C)c1. The lowest BCUT2D eigenvalue weighted by molar-refractivity contribution is -0.120. The van der Waals surface area contributed by atoms with Crippen LogP contribution >= 0.6 is 0 Å². The summed E-state index contributed by atoms with van der Waals surface area (Å²) in [5.41, 5.74) is 4.94. The van der Waals surface area contributed by atoms with Crippen molar-refractivity contribution >= 4 is 17.3 Å². The van der Waals surface area contributed by atoms with Crippen molar-refractivity contribution in [2.24, 2.45) is 5.92 Å². The lowest BCUT2D eigenvalue weighted by atomic mass is 9.94. The van der Waals surface area contributed by atoms with Gasteiger partial charge in [0.05, 0.1) is 5.69 Å². The Bertz CT molecular complexity index is 756. The lowest BCUT2D eigenvalue weighted by Gasteiger charge is -2.33. The first kappa shape index (κ1) is 17.5. The zero-order valence-electron chi connectivity index (χ0n) is 15.1. The zero-order chi connectivity index (χ0) is 18.0. The van der Waals surface area contributed by atoms with E-state index >= 15 is 0 Å². The number of amides is 1. The quantitative estimate of drug-likeness (QED) is 0.885. The van der Waals surface area contributed by atoms with E-state index < -0.39 is 0 Å². The molecule has 2 aromatic carbocycles. The molecule has 3 nitrogen and oxygen atoms in total. The number of carbonyl (C=O) groups excluding carboxylic acids is 1. The van der Waals surface area contributed by atoms with Crippen LogP contribution in [0, 0.1) is 32.5 Å². The van der Waals surface area contributed by atoms with Gasteiger partial charge in [-0.1, -0.05) is 29.8 Å². The van der Waals surface area contributed by atoms with Gasteiger partial charge < -0.3 is 10.2 Å². The van der Waals surface area contributed by atoms with Crippen LogP contribution in [0.4, 0.5) is 15.8 Å². The predicted octanol–water partition coefficient (Wildman–Crippen LogP) is 4.61. The number of halogens is 1. The highest BCUT2D eigenvalue weighted by Crippen LogP contribution is 2.28. The van der Waals surface area contributed by atoms with Crippen molar-refractivity contribution in [3.8, 4) is 0 Å². The predicted molar refractivity (Wildman–Crippen MR) is 101 cm³/mol. The van der Waals surface area contributed by atoms with Crippen LogP contribution in [0.5, 0.6) is 0 Å². The summed E-state index contributed by atoms with van der Waals surface area (Å²) in [4.78, 5) is 14.7. The van der Waals surface area contributed by atoms with E-state index in [0.717, 1.165) is 29.7 Å². The molecule has 0 spiro atoms. The largest absolute Gasteiger partial charge is 0.369 e. The van der Waals surface area contributed by atoms with E-state index in [-0.39, 0.29) is 17.6 Å². The minimum atomic E-state index is -0.198. The Morgan fingerprint density at radius 1 is 1.08 bits per heavy atom. The maximum Gasteiger partial charge on any atom is 0.227 e. The second-order valence-corrected chi connectivity index (χ2v) is 6.98. The van der Waals surface area contributed by atoms with E-state index in [1.807, 2.05) is 24.8 Å². The summed E-state index contributed by atoms with van der Waals surface area (Å²) in [5.74, 6) is -0.150. The van der Waals surface area contributed by atoms with Crippen molar-refractivity contribution < 1.29 is 9.18 Å². The molecule has 1 fully saturated rings. The molecule has 1 amide bonds. The first-order valence-electron chi connectivity index (χ1n) is 8.84. The van der Waals surface area contributed by atoms with Crippen molar-refractivity contribution in [3.63, 3.8) is 0 Å². The van der Waals surface area contributed by atoms with Crippen LogP contribution in [0.2, 0.25) is 0 Å². The fourth-order valence-electron chi connectivity index (χ4n) is 3.69. The Hall–Kier alpha value is -2.36. The molecule has 0 aromatic heterocycles. The van der Waals surface area contributed by atoms with Crippen molar-refractivity contribution in [2.45, 2.75) is 33.6 Å². The van der Waals surface area contributed by atoms with Crippen LogP contribution in [0.1, 0.15) is 29.5 Å². The fourth-order valence-corrected chi connectivity index (χ4v) is 3.69. The molecule has 0 unspecified atom stereocenters. The Morgan fingerprint density at radius 3 is 2.28 bits per heavy atom. The Balaban J connectivity index is 1.64. The van der Waals surface area contributed by atoms with Gasteiger partial charge in [-0.25, -0.2) is 4.39 Å². The second-order valence-electron chi connectivity index (χ2n) is 6.98. The number of benzene rings is 2. The third kappa shape index (κ3) is 3.84. The summed E-state index contributed by atoms with van der Waals surface area (Å²) in [6, 6.07) is 11.0. The summed E-state index contributed by atoms with van der Waals surface area (Å²) in [6.45, 7) is 7.51. The van der Waals surface area contributed by atoms with Gasteiger partial charge in [-0.3, -0.25) is 4.79 Å². The Morgan fingerprint density at radius 2 is 1.68 bits per heavy atom. The number of para-hydroxylation sites is 1. The van der Waals surface area contributed by atoms with Crippen molar-refractivity contribution in [1.82, 2.24) is 0 Å². The second kappa shape index (κ2) is 7.26. The van der Waals surface area contributed by atoms with E-state index in [9.17, 15) is 9.18 Å². The molecule has 2 aromatic rings. The maximum atomic E-state index is 13.9. The molecule has 4 heteroatoms. The molecule has 1 heterocycles. The maximum absolute atomic E-state index is 13.9. The van der Waals surface area contributed by atoms with E-state index in [0.29, 0.717) is 18.8 Å². The summed E-state index contributed by atoms with van der Waals surface area (Å²) in [5, 5.41) is 3.11. The summed E-state index contributed by atoms with van der Waals surface area (Å²) >= 11 is 0. The monoisotopic (exact) mass is 340 g/mol. The number of nitrogens with zero attached hydrogens (tertiary/aromatic N) is 1. The highest BCUT2D eigenvalue weighted by Gasteiger charge is 2.26. The highest BCUT2D eigenvalue weighted by atomic mass is 19.1. The number of piperidine rings is 1. The molecule has 1 aliphatic rings. The van der Waals surface area contributed by atoms with Gasteiger partial charge in [-0.2, -0.15) is 0 Å². The number of rotatable bonds is 3. The molecule has 0 saturated carbocycles. The van der Waals surface area contributed by atoms with E-state index in [1.165, 1.54) is 11.6 Å². The van der Waals surface area contributed by atoms with E-state index in [4.69, 9.17) is 0 Å². The fraction of sp³-hybridized carbons (Fsp3) is 0.381. The van der Waals surface area contributed by atoms with Crippen molar-refractivity contribution in [1.29, 1.82) is 0 Å². The standard InChI is InChI=1S/C21H25FN2O/c1-14-12-15(2)20(16(3)13-14)23-21(25)17-8-10-24(11-9-17)19-7-5-4-6-18(19)22/h4-7,12-13,17H,8-11H2,1-3H3,(H,23,25). The van der Waals surface area contributed by atoms with Gasteiger partial charge in [0, 0.05) is 24.7 Å². The highest BCUT2D eigenvalue weighted by molar-refractivity contribution is 5.94. The molecular weight excluding hydrogens is 315 g/mol. The average molecular weight is 340 g/mol. The molecule has 132 valence electrons. The minimum Gasteiger partial charge on any atom is -0.369 e. The van der Waals surface area contributed by atoms with Gasteiger partial charge in [0.1, 0.15) is 5.82 Å². The third-order valence-electron chi connectivity index (χ3n) is 4.98. The van der Waals surface area contributed by atoms with Crippen LogP contribution in [-0.2, 0) is 4.79 Å². The number of anilines is 2. The van der Waals surface area contributed by atoms with Crippen LogP contribution < -0.4 is 10.2 Å². The molecule has 0 bridgehead atoms. The first-order chi connectivity index (χ1) is 12.0. The molecular formula is C21H25FN2O. The number of hydrogen-bond donors (Lipinski definition) is 1. The molecule has 1 saturated heterocycles. The van der Waals surface area contributed by atoms with E-state index in [1.54, 1.807) is 12.1 Å². The minimum absolute atomic E-state index is 0.0249. The van der Waals surface area contributed by atoms with Crippen molar-refractivity contribution in [3.05, 3.63) is 58.9 Å². The van der Waals surface area contributed by atoms with Gasteiger partial charge in [0.15, 0.2) is 0 Å². The van der Waals surface area contributed by atoms with Crippen LogP contribution in [0.15, 0.2) is 36.4 Å². The van der Waals surface area contributed by atoms with Crippen molar-refractivity contribution in [2.75, 3.05) is 23.3 Å². The molecule has 0 atom stereocenters. The number of carbonyl (C=O) groups is 1. The van der Waals surface area contributed by atoms with Gasteiger partial charge in [-0.05, 0) is 56.9 Å². The average Bonchev–Trinajstić information content (AvgIpc) is 2.58. The van der Waals surface area contributed by atoms with Gasteiger partial charge in [0.25, 0.3) is 0 Å². The molecule has 0 aliphatic carbocycles. The normalized spacial score (nSPS) is 15.3. The van der Waals surface area contributed by atoms with Crippen LogP contribution in [0.25, 0.3) is 0 Å². The summed E-state index contributed by atoms with van der Waals surface area (Å²) < 4.78 is 13.9. The Labute approximate surface area is 148 Å². The van der Waals surface area contributed by atoms with Gasteiger partial charge in [-0.15, -0.1) is 0 Å². The molecule has 1 N–H and O–H groups in total. The summed E-state index contributed by atoms with van der Waals surface area (Å²) in [7, 11) is 0. The first-order valence-corrected chi connectivity index (χ1v) is 8.84. The summed E-state index contributed by atoms with van der Waals surface area (Å²) in [6.07, 6.45) is 1.48. The van der Waals surface area contributed by atoms with Crippen LogP contribution in [-0.4, -0.2) is 19.0 Å². The van der Waals surface area contributed by atoms with Crippen LogP contribution in [0.3, 0.4) is 0 Å². The van der Waals surface area contributed by atoms with E-state index in [2.05, 4.69) is 24.4 Å². The smallest absolute Gasteiger partial charge is 0.227 e. The Kier molecular flexibility index (Phi) is 5.07. The number of hydrogen-bond acceptors (Lipinski definition) is 2. The molecule has 3 rings (SSSR count). The number of nitrogens with one attached hydrogen (secondary N) is 1. The molecule has 0 radical (unpaired) electrons.